The predicted octanol–water partition coefficient (Wildman–Crippen LogP) is 0.859. The lowest BCUT2D eigenvalue weighted by Crippen LogP contribution is -2.35. The summed E-state index contributed by atoms with van der Waals surface area (Å²) in [6.07, 6.45) is 6.56. The standard InChI is InChI=1S/C14H20N6O/c1-11-8-16-14(15)18-13(11)19-5-3-7-21-12(9-19)10-20-6-2-4-17-20/h2,4,6,8,12H,3,5,7,9-10H2,1H3,(H2,15,16,18)/t12-/m0/s1. The first kappa shape index (κ1) is 13.8. The van der Waals surface area contributed by atoms with Crippen molar-refractivity contribution in [2.24, 2.45) is 0 Å². The number of nitrogens with two attached hydrogens (primary N) is 1. The Kier molecular flexibility index (Phi) is 4.01. The first-order chi connectivity index (χ1) is 10.2. The molecule has 0 aliphatic carbocycles. The molecular weight excluding hydrogens is 268 g/mol. The van der Waals surface area contributed by atoms with Gasteiger partial charge >= 0.3 is 0 Å². The van der Waals surface area contributed by atoms with E-state index in [9.17, 15) is 0 Å². The molecule has 1 aliphatic heterocycles. The van der Waals surface area contributed by atoms with Crippen molar-refractivity contribution in [2.45, 2.75) is 26.0 Å². The molecule has 0 radical (unpaired) electrons. The highest BCUT2D eigenvalue weighted by atomic mass is 16.5. The minimum atomic E-state index is 0.0861. The molecule has 1 fully saturated rings. The van der Waals surface area contributed by atoms with Crippen molar-refractivity contribution >= 4 is 11.8 Å². The molecule has 0 aromatic carbocycles. The second-order valence-electron chi connectivity index (χ2n) is 5.26. The van der Waals surface area contributed by atoms with Crippen molar-refractivity contribution in [1.29, 1.82) is 0 Å². The summed E-state index contributed by atoms with van der Waals surface area (Å²) in [5, 5.41) is 4.24. The fraction of sp³-hybridized carbons (Fsp3) is 0.500. The zero-order valence-electron chi connectivity index (χ0n) is 12.1. The molecule has 0 bridgehead atoms. The SMILES string of the molecule is Cc1cnc(N)nc1N1CCCO[C@H](Cn2cccn2)C1. The molecule has 1 aliphatic rings. The topological polar surface area (TPSA) is 82.1 Å². The van der Waals surface area contributed by atoms with Gasteiger partial charge in [0.05, 0.1) is 12.6 Å². The summed E-state index contributed by atoms with van der Waals surface area (Å²) in [5.74, 6) is 1.21. The van der Waals surface area contributed by atoms with Crippen LogP contribution < -0.4 is 10.6 Å². The Hall–Kier alpha value is -2.15. The lowest BCUT2D eigenvalue weighted by molar-refractivity contribution is 0.0543. The highest BCUT2D eigenvalue weighted by molar-refractivity contribution is 5.48. The van der Waals surface area contributed by atoms with Crippen LogP contribution in [0.5, 0.6) is 0 Å². The van der Waals surface area contributed by atoms with Crippen LogP contribution in [0.25, 0.3) is 0 Å². The third-order valence-electron chi connectivity index (χ3n) is 3.56. The number of ether oxygens (including phenoxy) is 1. The summed E-state index contributed by atoms with van der Waals surface area (Å²) in [6, 6.07) is 1.92. The van der Waals surface area contributed by atoms with Crippen LogP contribution in [0.4, 0.5) is 11.8 Å². The van der Waals surface area contributed by atoms with E-state index >= 15 is 0 Å². The van der Waals surface area contributed by atoms with Gasteiger partial charge in [-0.2, -0.15) is 10.1 Å². The number of nitrogen functional groups attached to an aromatic ring is 1. The van der Waals surface area contributed by atoms with Crippen molar-refractivity contribution in [3.8, 4) is 0 Å². The van der Waals surface area contributed by atoms with Gasteiger partial charge in [-0.05, 0) is 19.4 Å². The first-order valence-corrected chi connectivity index (χ1v) is 7.15. The van der Waals surface area contributed by atoms with Crippen LogP contribution in [0.2, 0.25) is 0 Å². The predicted molar refractivity (Wildman–Crippen MR) is 80.0 cm³/mol. The number of rotatable bonds is 3. The number of hydrogen-bond donors (Lipinski definition) is 1. The molecule has 21 heavy (non-hydrogen) atoms. The molecule has 7 heteroatoms. The maximum absolute atomic E-state index is 5.92. The van der Waals surface area contributed by atoms with Crippen molar-refractivity contribution in [1.82, 2.24) is 19.7 Å². The molecule has 2 aromatic rings. The molecule has 2 N–H and O–H groups in total. The lowest BCUT2D eigenvalue weighted by Gasteiger charge is -2.26. The Morgan fingerprint density at radius 2 is 2.38 bits per heavy atom. The molecule has 112 valence electrons. The van der Waals surface area contributed by atoms with E-state index < -0.39 is 0 Å². The average Bonchev–Trinajstić information content (AvgIpc) is 2.86. The minimum Gasteiger partial charge on any atom is -0.374 e. The summed E-state index contributed by atoms with van der Waals surface area (Å²) < 4.78 is 7.82. The van der Waals surface area contributed by atoms with Gasteiger partial charge in [-0.3, -0.25) is 4.68 Å². The molecule has 0 amide bonds. The maximum Gasteiger partial charge on any atom is 0.221 e. The molecule has 3 heterocycles. The van der Waals surface area contributed by atoms with Gasteiger partial charge in [-0.15, -0.1) is 0 Å². The van der Waals surface area contributed by atoms with E-state index in [0.29, 0.717) is 5.95 Å². The van der Waals surface area contributed by atoms with Crippen molar-refractivity contribution in [3.63, 3.8) is 0 Å². The van der Waals surface area contributed by atoms with Crippen LogP contribution in [0, 0.1) is 6.92 Å². The van der Waals surface area contributed by atoms with Crippen LogP contribution in [0.3, 0.4) is 0 Å². The molecule has 3 rings (SSSR count). The number of nitrogens with zero attached hydrogens (tertiary/aromatic N) is 5. The Labute approximate surface area is 123 Å². The maximum atomic E-state index is 5.92. The summed E-state index contributed by atoms with van der Waals surface area (Å²) in [7, 11) is 0. The van der Waals surface area contributed by atoms with Gasteiger partial charge in [-0.25, -0.2) is 4.98 Å². The Bertz CT molecular complexity index is 585. The van der Waals surface area contributed by atoms with Gasteiger partial charge in [0.25, 0.3) is 0 Å². The Morgan fingerprint density at radius 3 is 3.19 bits per heavy atom. The van der Waals surface area contributed by atoms with Gasteiger partial charge in [0.15, 0.2) is 0 Å². The van der Waals surface area contributed by atoms with Crippen molar-refractivity contribution < 1.29 is 4.74 Å². The van der Waals surface area contributed by atoms with Crippen LogP contribution in [-0.2, 0) is 11.3 Å². The van der Waals surface area contributed by atoms with Gasteiger partial charge < -0.3 is 15.4 Å². The first-order valence-electron chi connectivity index (χ1n) is 7.15. The van der Waals surface area contributed by atoms with E-state index in [4.69, 9.17) is 10.5 Å². The fourth-order valence-corrected chi connectivity index (χ4v) is 2.58. The van der Waals surface area contributed by atoms with E-state index in [1.807, 2.05) is 23.9 Å². The molecule has 2 aromatic heterocycles. The second kappa shape index (κ2) is 6.09. The summed E-state index contributed by atoms with van der Waals surface area (Å²) in [6.45, 7) is 5.18. The number of aromatic nitrogens is 4. The smallest absolute Gasteiger partial charge is 0.221 e. The Morgan fingerprint density at radius 1 is 1.48 bits per heavy atom. The largest absolute Gasteiger partial charge is 0.374 e. The number of hydrogen-bond acceptors (Lipinski definition) is 6. The third kappa shape index (κ3) is 3.30. The lowest BCUT2D eigenvalue weighted by atomic mass is 10.2. The highest BCUT2D eigenvalue weighted by Crippen LogP contribution is 2.20. The summed E-state index contributed by atoms with van der Waals surface area (Å²) >= 11 is 0. The molecular formula is C14H20N6O. The average molecular weight is 288 g/mol. The Balaban J connectivity index is 1.76. The zero-order valence-corrected chi connectivity index (χ0v) is 12.1. The fourth-order valence-electron chi connectivity index (χ4n) is 2.58. The van der Waals surface area contributed by atoms with Gasteiger partial charge in [0.2, 0.25) is 5.95 Å². The third-order valence-corrected chi connectivity index (χ3v) is 3.56. The molecule has 1 saturated heterocycles. The van der Waals surface area contributed by atoms with Gasteiger partial charge in [0, 0.05) is 43.9 Å². The van der Waals surface area contributed by atoms with Crippen LogP contribution >= 0.6 is 0 Å². The highest BCUT2D eigenvalue weighted by Gasteiger charge is 2.21. The van der Waals surface area contributed by atoms with Crippen LogP contribution in [-0.4, -0.2) is 45.5 Å². The summed E-state index contributed by atoms with van der Waals surface area (Å²) in [5.41, 5.74) is 6.75. The zero-order chi connectivity index (χ0) is 14.7. The van der Waals surface area contributed by atoms with Gasteiger partial charge in [-0.1, -0.05) is 0 Å². The van der Waals surface area contributed by atoms with Crippen LogP contribution in [0.1, 0.15) is 12.0 Å². The normalized spacial score (nSPS) is 19.5. The van der Waals surface area contributed by atoms with E-state index in [2.05, 4.69) is 20.0 Å². The van der Waals surface area contributed by atoms with Crippen molar-refractivity contribution in [2.75, 3.05) is 30.3 Å². The molecule has 0 unspecified atom stereocenters. The number of aryl methyl sites for hydroxylation is 1. The molecule has 0 saturated carbocycles. The minimum absolute atomic E-state index is 0.0861. The monoisotopic (exact) mass is 288 g/mol. The quantitative estimate of drug-likeness (QED) is 0.902. The summed E-state index contributed by atoms with van der Waals surface area (Å²) in [4.78, 5) is 10.6. The van der Waals surface area contributed by atoms with Crippen LogP contribution in [0.15, 0.2) is 24.7 Å². The van der Waals surface area contributed by atoms with E-state index in [1.54, 1.807) is 12.4 Å². The molecule has 1 atom stereocenters. The van der Waals surface area contributed by atoms with Crippen molar-refractivity contribution in [3.05, 3.63) is 30.2 Å². The van der Waals surface area contributed by atoms with E-state index in [-0.39, 0.29) is 6.10 Å². The molecule has 0 spiro atoms. The van der Waals surface area contributed by atoms with Gasteiger partial charge in [0.1, 0.15) is 5.82 Å². The van der Waals surface area contributed by atoms with E-state index in [0.717, 1.165) is 44.0 Å². The molecule has 7 nitrogen and oxygen atoms in total. The second-order valence-corrected chi connectivity index (χ2v) is 5.26. The number of anilines is 2. The van der Waals surface area contributed by atoms with E-state index in [1.165, 1.54) is 0 Å².